The highest BCUT2D eigenvalue weighted by Gasteiger charge is 2.34. The van der Waals surface area contributed by atoms with Crippen LogP contribution in [0.15, 0.2) is 71.6 Å². The molecule has 0 aromatic heterocycles. The molecule has 2 unspecified atom stereocenters. The second-order valence-corrected chi connectivity index (χ2v) is 12.6. The summed E-state index contributed by atoms with van der Waals surface area (Å²) in [6.07, 6.45) is 1.06. The Morgan fingerprint density at radius 3 is 2.07 bits per heavy atom. The summed E-state index contributed by atoms with van der Waals surface area (Å²) in [6.45, 7) is 9.54. The minimum Gasteiger partial charge on any atom is -0.494 e. The summed E-state index contributed by atoms with van der Waals surface area (Å²) in [4.78, 5) is 29.1. The smallest absolute Gasteiger partial charge is 0.264 e. The van der Waals surface area contributed by atoms with Crippen molar-refractivity contribution in [3.63, 3.8) is 0 Å². The van der Waals surface area contributed by atoms with Crippen molar-refractivity contribution in [1.82, 2.24) is 10.2 Å². The summed E-state index contributed by atoms with van der Waals surface area (Å²) in [5.41, 5.74) is 2.13. The maximum atomic E-state index is 14.3. The molecule has 0 aliphatic carbocycles. The number of nitrogens with one attached hydrogen (secondary N) is 1. The summed E-state index contributed by atoms with van der Waals surface area (Å²) < 4.78 is 45.8. The van der Waals surface area contributed by atoms with E-state index in [-0.39, 0.29) is 34.8 Å². The Labute approximate surface area is 267 Å². The second kappa shape index (κ2) is 16.2. The molecule has 0 heterocycles. The van der Waals surface area contributed by atoms with Crippen LogP contribution < -0.4 is 23.8 Å². The first-order valence-electron chi connectivity index (χ1n) is 15.1. The van der Waals surface area contributed by atoms with Gasteiger partial charge in [0.15, 0.2) is 11.5 Å². The zero-order valence-corrected chi connectivity index (χ0v) is 28.0. The summed E-state index contributed by atoms with van der Waals surface area (Å²) in [5, 5.41) is 2.99. The Morgan fingerprint density at radius 2 is 1.51 bits per heavy atom. The first kappa shape index (κ1) is 35.2. The summed E-state index contributed by atoms with van der Waals surface area (Å²) in [5.74, 6) is 0.333. The number of carbonyl (C=O) groups is 2. The van der Waals surface area contributed by atoms with E-state index in [1.165, 1.54) is 37.3 Å². The highest BCUT2D eigenvalue weighted by Crippen LogP contribution is 2.33. The van der Waals surface area contributed by atoms with Gasteiger partial charge in [0.25, 0.3) is 10.0 Å². The number of anilines is 1. The Hall–Kier alpha value is -4.25. The number of carbonyl (C=O) groups excluding carboxylic acids is 2. The molecule has 0 radical (unpaired) electrons. The van der Waals surface area contributed by atoms with E-state index in [2.05, 4.69) is 5.32 Å². The third-order valence-corrected chi connectivity index (χ3v) is 9.29. The van der Waals surface area contributed by atoms with E-state index in [0.29, 0.717) is 24.5 Å². The van der Waals surface area contributed by atoms with Gasteiger partial charge in [-0.1, -0.05) is 43.7 Å². The second-order valence-electron chi connectivity index (χ2n) is 10.7. The first-order valence-corrected chi connectivity index (χ1v) is 16.6. The van der Waals surface area contributed by atoms with E-state index in [9.17, 15) is 18.0 Å². The van der Waals surface area contributed by atoms with Crippen LogP contribution in [0.5, 0.6) is 17.2 Å². The molecular formula is C34H45N3O7S. The maximum Gasteiger partial charge on any atom is 0.264 e. The Kier molecular flexibility index (Phi) is 12.7. The highest BCUT2D eigenvalue weighted by atomic mass is 32.2. The Morgan fingerprint density at radius 1 is 0.867 bits per heavy atom. The van der Waals surface area contributed by atoms with Gasteiger partial charge in [-0.25, -0.2) is 8.42 Å². The molecule has 0 aliphatic heterocycles. The van der Waals surface area contributed by atoms with Gasteiger partial charge in [0.1, 0.15) is 18.3 Å². The molecule has 0 spiro atoms. The average molecular weight is 640 g/mol. The van der Waals surface area contributed by atoms with Crippen LogP contribution in [0.1, 0.15) is 51.7 Å². The largest absolute Gasteiger partial charge is 0.494 e. The molecule has 0 fully saturated rings. The number of hydrogen-bond acceptors (Lipinski definition) is 7. The average Bonchev–Trinajstić information content (AvgIpc) is 3.04. The van der Waals surface area contributed by atoms with E-state index in [1.54, 1.807) is 24.3 Å². The molecule has 10 nitrogen and oxygen atoms in total. The predicted molar refractivity (Wildman–Crippen MR) is 175 cm³/mol. The highest BCUT2D eigenvalue weighted by molar-refractivity contribution is 7.92. The van der Waals surface area contributed by atoms with Crippen molar-refractivity contribution < 1.29 is 32.2 Å². The minimum atomic E-state index is -4.31. The summed E-state index contributed by atoms with van der Waals surface area (Å²) >= 11 is 0. The van der Waals surface area contributed by atoms with Gasteiger partial charge in [-0.15, -0.1) is 0 Å². The fourth-order valence-corrected chi connectivity index (χ4v) is 6.19. The van der Waals surface area contributed by atoms with Gasteiger partial charge in [-0.3, -0.25) is 13.9 Å². The lowest BCUT2D eigenvalue weighted by Crippen LogP contribution is -2.53. The van der Waals surface area contributed by atoms with E-state index in [0.717, 1.165) is 21.9 Å². The molecule has 1 N–H and O–H groups in total. The number of rotatable bonds is 16. The Bertz CT molecular complexity index is 1530. The van der Waals surface area contributed by atoms with Gasteiger partial charge in [-0.05, 0) is 75.6 Å². The third-order valence-electron chi connectivity index (χ3n) is 7.52. The van der Waals surface area contributed by atoms with E-state index >= 15 is 0 Å². The number of sulfonamides is 1. The topological polar surface area (TPSA) is 114 Å². The van der Waals surface area contributed by atoms with Crippen LogP contribution in [0, 0.1) is 6.92 Å². The fraction of sp³-hybridized carbons (Fsp3) is 0.412. The number of methoxy groups -OCH3 is 2. The zero-order valence-electron chi connectivity index (χ0n) is 27.2. The van der Waals surface area contributed by atoms with Gasteiger partial charge < -0.3 is 24.4 Å². The molecule has 2 amide bonds. The molecule has 45 heavy (non-hydrogen) atoms. The van der Waals surface area contributed by atoms with Crippen molar-refractivity contribution in [3.8, 4) is 17.2 Å². The van der Waals surface area contributed by atoms with Gasteiger partial charge in [0, 0.05) is 18.7 Å². The Balaban J connectivity index is 2.11. The van der Waals surface area contributed by atoms with Gasteiger partial charge in [0.2, 0.25) is 11.8 Å². The SMILES string of the molecule is CCOc1ccc(N(CC(=O)N(Cc2ccc(C)cc2)C(CC)C(=O)NC(C)CC)S(=O)(=O)c2ccc(OC)c(OC)c2)cc1. The van der Waals surface area contributed by atoms with Crippen molar-refractivity contribution >= 4 is 27.5 Å². The van der Waals surface area contributed by atoms with Crippen LogP contribution in [0.3, 0.4) is 0 Å². The maximum absolute atomic E-state index is 14.3. The molecule has 3 rings (SSSR count). The first-order chi connectivity index (χ1) is 21.5. The molecule has 2 atom stereocenters. The lowest BCUT2D eigenvalue weighted by molar-refractivity contribution is -0.140. The predicted octanol–water partition coefficient (Wildman–Crippen LogP) is 5.33. The lowest BCUT2D eigenvalue weighted by Gasteiger charge is -2.33. The molecular weight excluding hydrogens is 594 g/mol. The lowest BCUT2D eigenvalue weighted by atomic mass is 10.1. The van der Waals surface area contributed by atoms with Crippen LogP contribution in [-0.2, 0) is 26.2 Å². The van der Waals surface area contributed by atoms with Gasteiger partial charge in [0.05, 0.1) is 31.4 Å². The minimum absolute atomic E-state index is 0.0892. The molecule has 0 saturated heterocycles. The number of ether oxygens (including phenoxy) is 3. The monoisotopic (exact) mass is 639 g/mol. The van der Waals surface area contributed by atoms with Crippen molar-refractivity contribution in [1.29, 1.82) is 0 Å². The van der Waals surface area contributed by atoms with Crippen molar-refractivity contribution in [2.45, 2.75) is 71.0 Å². The van der Waals surface area contributed by atoms with Crippen LogP contribution in [0.4, 0.5) is 5.69 Å². The fourth-order valence-electron chi connectivity index (χ4n) is 4.76. The zero-order chi connectivity index (χ0) is 33.1. The molecule has 3 aromatic rings. The molecule has 0 saturated carbocycles. The summed E-state index contributed by atoms with van der Waals surface area (Å²) in [7, 11) is -1.43. The number of benzene rings is 3. The number of aryl methyl sites for hydroxylation is 1. The van der Waals surface area contributed by atoms with Crippen LogP contribution in [-0.4, -0.2) is 64.6 Å². The van der Waals surface area contributed by atoms with Crippen molar-refractivity contribution in [2.75, 3.05) is 31.7 Å². The molecule has 0 aliphatic rings. The van der Waals surface area contributed by atoms with Crippen LogP contribution in [0.25, 0.3) is 0 Å². The standard InChI is InChI=1S/C34H45N3O7S/c1-8-25(5)35-34(39)30(9-2)36(22-26-13-11-24(4)12-14-26)33(38)23-37(27-15-17-28(18-16-27)44-10-3)45(40,41)29-19-20-31(42-6)32(21-29)43-7/h11-21,25,30H,8-10,22-23H2,1-7H3,(H,35,39). The van der Waals surface area contributed by atoms with E-state index in [1.807, 2.05) is 58.9 Å². The van der Waals surface area contributed by atoms with Crippen LogP contribution >= 0.6 is 0 Å². The number of nitrogens with zero attached hydrogens (tertiary/aromatic N) is 2. The molecule has 0 bridgehead atoms. The van der Waals surface area contributed by atoms with Crippen molar-refractivity contribution in [3.05, 3.63) is 77.9 Å². The number of amides is 2. The van der Waals surface area contributed by atoms with Crippen molar-refractivity contribution in [2.24, 2.45) is 0 Å². The number of hydrogen-bond donors (Lipinski definition) is 1. The van der Waals surface area contributed by atoms with E-state index in [4.69, 9.17) is 14.2 Å². The molecule has 11 heteroatoms. The molecule has 3 aromatic carbocycles. The van der Waals surface area contributed by atoms with Gasteiger partial charge in [-0.2, -0.15) is 0 Å². The summed E-state index contributed by atoms with van der Waals surface area (Å²) in [6, 6.07) is 17.5. The molecule has 244 valence electrons. The van der Waals surface area contributed by atoms with E-state index < -0.39 is 28.5 Å². The quantitative estimate of drug-likeness (QED) is 0.225. The van der Waals surface area contributed by atoms with Crippen LogP contribution in [0.2, 0.25) is 0 Å². The third kappa shape index (κ3) is 8.91. The normalized spacial score (nSPS) is 12.5. The van der Waals surface area contributed by atoms with Gasteiger partial charge >= 0.3 is 0 Å².